The summed E-state index contributed by atoms with van der Waals surface area (Å²) in [6, 6.07) is 6.92. The molecule has 3 aromatic heterocycles. The van der Waals surface area contributed by atoms with Crippen molar-refractivity contribution in [3.05, 3.63) is 42.0 Å². The van der Waals surface area contributed by atoms with Crippen molar-refractivity contribution in [1.82, 2.24) is 34.4 Å². The Morgan fingerprint density at radius 2 is 2.12 bits per heavy atom. The van der Waals surface area contributed by atoms with Crippen molar-refractivity contribution < 1.29 is 4.42 Å². The van der Waals surface area contributed by atoms with Crippen LogP contribution in [-0.2, 0) is 19.5 Å². The van der Waals surface area contributed by atoms with Crippen molar-refractivity contribution in [2.24, 2.45) is 20.0 Å². The lowest BCUT2D eigenvalue weighted by atomic mass is 9.94. The number of aromatic nitrogens is 6. The molecule has 1 aliphatic heterocycles. The standard InChI is InChI=1S/C23H27N7OS.ClH/c1-15-20(31-14-24-15)21-26-27-22(28(21)2)32-8-4-7-30-12-18-10-23(18,13-30)17-5-6-19-16(9-17)11-25-29(19)3;/h5-6,9,11,14,18H,4,7-8,10,12-13H2,1-3H3;1H/t18-,23?;/m1./s1. The number of thioether (sulfide) groups is 1. The first-order chi connectivity index (χ1) is 15.5. The van der Waals surface area contributed by atoms with Crippen LogP contribution < -0.4 is 0 Å². The van der Waals surface area contributed by atoms with E-state index in [4.69, 9.17) is 4.42 Å². The van der Waals surface area contributed by atoms with Crippen LogP contribution in [0.15, 0.2) is 40.4 Å². The van der Waals surface area contributed by atoms with Gasteiger partial charge in [-0.25, -0.2) is 4.98 Å². The molecule has 8 nitrogen and oxygen atoms in total. The molecule has 174 valence electrons. The molecule has 1 aromatic carbocycles. The van der Waals surface area contributed by atoms with Crippen LogP contribution in [0.25, 0.3) is 22.5 Å². The summed E-state index contributed by atoms with van der Waals surface area (Å²) in [5.41, 5.74) is 3.90. The van der Waals surface area contributed by atoms with Crippen molar-refractivity contribution in [2.45, 2.75) is 30.3 Å². The van der Waals surface area contributed by atoms with Gasteiger partial charge < -0.3 is 13.9 Å². The van der Waals surface area contributed by atoms with Crippen molar-refractivity contribution in [3.63, 3.8) is 0 Å². The van der Waals surface area contributed by atoms with Gasteiger partial charge in [-0.15, -0.1) is 22.6 Å². The van der Waals surface area contributed by atoms with E-state index in [2.05, 4.69) is 43.4 Å². The van der Waals surface area contributed by atoms with E-state index in [1.54, 1.807) is 11.8 Å². The Labute approximate surface area is 203 Å². The van der Waals surface area contributed by atoms with Crippen LogP contribution >= 0.6 is 24.2 Å². The quantitative estimate of drug-likeness (QED) is 0.290. The molecular weight excluding hydrogens is 458 g/mol. The van der Waals surface area contributed by atoms with Crippen molar-refractivity contribution in [1.29, 1.82) is 0 Å². The SMILES string of the molecule is Cc1ncoc1-c1nnc(SCCCN2C[C@H]3CC3(c3ccc4c(cnn4C)c3)C2)n1C.Cl. The Morgan fingerprint density at radius 1 is 1.24 bits per heavy atom. The number of benzene rings is 1. The molecule has 2 aliphatic rings. The first-order valence-corrected chi connectivity index (χ1v) is 12.1. The van der Waals surface area contributed by atoms with Crippen LogP contribution in [0, 0.1) is 12.8 Å². The largest absolute Gasteiger partial charge is 0.440 e. The van der Waals surface area contributed by atoms with Crippen molar-refractivity contribution in [3.8, 4) is 11.6 Å². The van der Waals surface area contributed by atoms with Gasteiger partial charge >= 0.3 is 0 Å². The third-order valence-corrected chi connectivity index (χ3v) is 8.28. The Kier molecular flexibility index (Phi) is 5.74. The van der Waals surface area contributed by atoms with E-state index in [-0.39, 0.29) is 12.4 Å². The predicted octanol–water partition coefficient (Wildman–Crippen LogP) is 3.84. The van der Waals surface area contributed by atoms with E-state index in [9.17, 15) is 0 Å². The third kappa shape index (κ3) is 3.76. The summed E-state index contributed by atoms with van der Waals surface area (Å²) in [5.74, 6) is 3.25. The second kappa shape index (κ2) is 8.45. The van der Waals surface area contributed by atoms with Gasteiger partial charge in [-0.05, 0) is 49.9 Å². The number of likely N-dealkylation sites (tertiary alicyclic amines) is 1. The smallest absolute Gasteiger partial charge is 0.202 e. The number of aryl methyl sites for hydroxylation is 2. The second-order valence-electron chi connectivity index (χ2n) is 9.17. The molecule has 10 heteroatoms. The third-order valence-electron chi connectivity index (χ3n) is 7.17. The fourth-order valence-electron chi connectivity index (χ4n) is 5.28. The highest BCUT2D eigenvalue weighted by atomic mass is 35.5. The molecular formula is C23H28ClN7OS. The number of hydrogen-bond acceptors (Lipinski definition) is 7. The summed E-state index contributed by atoms with van der Waals surface area (Å²) in [5, 5.41) is 15.2. The zero-order valence-electron chi connectivity index (χ0n) is 19.1. The molecule has 1 aliphatic carbocycles. The first-order valence-electron chi connectivity index (χ1n) is 11.1. The molecule has 2 atom stereocenters. The number of piperidine rings is 1. The zero-order chi connectivity index (χ0) is 21.9. The summed E-state index contributed by atoms with van der Waals surface area (Å²) < 4.78 is 9.41. The molecule has 6 rings (SSSR count). The van der Waals surface area contributed by atoms with Gasteiger partial charge in [-0.3, -0.25) is 4.68 Å². The number of halogens is 1. The van der Waals surface area contributed by atoms with Crippen molar-refractivity contribution >= 4 is 35.1 Å². The molecule has 1 saturated heterocycles. The highest BCUT2D eigenvalue weighted by Gasteiger charge is 2.60. The van der Waals surface area contributed by atoms with Crippen molar-refractivity contribution in [2.75, 3.05) is 25.4 Å². The molecule has 0 bridgehead atoms. The topological polar surface area (TPSA) is 77.8 Å². The second-order valence-corrected chi connectivity index (χ2v) is 10.2. The Morgan fingerprint density at radius 3 is 2.94 bits per heavy atom. The predicted molar refractivity (Wildman–Crippen MR) is 131 cm³/mol. The van der Waals surface area contributed by atoms with E-state index in [0.717, 1.165) is 41.3 Å². The monoisotopic (exact) mass is 485 g/mol. The molecule has 2 fully saturated rings. The van der Waals surface area contributed by atoms with Gasteiger partial charge in [-0.1, -0.05) is 17.8 Å². The number of rotatable bonds is 7. The minimum absolute atomic E-state index is 0. The number of nitrogens with zero attached hydrogens (tertiary/aromatic N) is 7. The van der Waals surface area contributed by atoms with Gasteiger partial charge in [0.1, 0.15) is 0 Å². The average Bonchev–Trinajstić information content (AvgIpc) is 3.21. The zero-order valence-corrected chi connectivity index (χ0v) is 20.7. The average molecular weight is 486 g/mol. The van der Waals surface area contributed by atoms with E-state index < -0.39 is 0 Å². The van der Waals surface area contributed by atoms with Crippen LogP contribution in [0.5, 0.6) is 0 Å². The maximum Gasteiger partial charge on any atom is 0.202 e. The fourth-order valence-corrected chi connectivity index (χ4v) is 6.12. The van der Waals surface area contributed by atoms with E-state index in [0.29, 0.717) is 11.2 Å². The minimum atomic E-state index is 0. The van der Waals surface area contributed by atoms with E-state index in [1.807, 2.05) is 36.5 Å². The fraction of sp³-hybridized carbons (Fsp3) is 0.478. The molecule has 33 heavy (non-hydrogen) atoms. The molecule has 4 aromatic rings. The van der Waals surface area contributed by atoms with Crippen LogP contribution in [0.1, 0.15) is 24.1 Å². The summed E-state index contributed by atoms with van der Waals surface area (Å²) in [6.07, 6.45) is 5.90. The molecule has 0 amide bonds. The van der Waals surface area contributed by atoms with Gasteiger partial charge in [0.2, 0.25) is 5.82 Å². The molecule has 1 saturated carbocycles. The summed E-state index contributed by atoms with van der Waals surface area (Å²) in [6.45, 7) is 5.44. The summed E-state index contributed by atoms with van der Waals surface area (Å²) in [7, 11) is 3.99. The minimum Gasteiger partial charge on any atom is -0.440 e. The van der Waals surface area contributed by atoms with Crippen LogP contribution in [0.3, 0.4) is 0 Å². The summed E-state index contributed by atoms with van der Waals surface area (Å²) >= 11 is 1.76. The maximum absolute atomic E-state index is 5.47. The van der Waals surface area contributed by atoms with Gasteiger partial charge in [-0.2, -0.15) is 5.10 Å². The Balaban J connectivity index is 0.00000228. The van der Waals surface area contributed by atoms with E-state index >= 15 is 0 Å². The molecule has 0 spiro atoms. The normalized spacial score (nSPS) is 22.0. The highest BCUT2D eigenvalue weighted by Crippen LogP contribution is 2.59. The van der Waals surface area contributed by atoms with Crippen LogP contribution in [-0.4, -0.2) is 59.8 Å². The lowest BCUT2D eigenvalue weighted by Gasteiger charge is -2.21. The highest BCUT2D eigenvalue weighted by molar-refractivity contribution is 7.99. The number of fused-ring (bicyclic) bond motifs is 2. The number of hydrogen-bond donors (Lipinski definition) is 0. The van der Waals surface area contributed by atoms with Gasteiger partial charge in [0.25, 0.3) is 0 Å². The van der Waals surface area contributed by atoms with Crippen LogP contribution in [0.4, 0.5) is 0 Å². The van der Waals surface area contributed by atoms with Gasteiger partial charge in [0.05, 0.1) is 17.4 Å². The summed E-state index contributed by atoms with van der Waals surface area (Å²) in [4.78, 5) is 6.79. The van der Waals surface area contributed by atoms with E-state index in [1.165, 1.54) is 42.4 Å². The Hall–Kier alpha value is -2.36. The van der Waals surface area contributed by atoms with Gasteiger partial charge in [0.15, 0.2) is 17.3 Å². The van der Waals surface area contributed by atoms with Gasteiger partial charge in [0, 0.05) is 43.7 Å². The van der Waals surface area contributed by atoms with Crippen LogP contribution in [0.2, 0.25) is 0 Å². The molecule has 1 unspecified atom stereocenters. The number of oxazole rings is 1. The maximum atomic E-state index is 5.47. The molecule has 4 heterocycles. The lowest BCUT2D eigenvalue weighted by Crippen LogP contribution is -2.27. The first kappa shape index (κ1) is 22.4. The molecule has 0 N–H and O–H groups in total. The lowest BCUT2D eigenvalue weighted by molar-refractivity contribution is 0.299. The molecule has 0 radical (unpaired) electrons. The Bertz CT molecular complexity index is 1300.